The van der Waals surface area contributed by atoms with E-state index in [0.717, 1.165) is 0 Å². The lowest BCUT2D eigenvalue weighted by Gasteiger charge is -2.34. The highest BCUT2D eigenvalue weighted by molar-refractivity contribution is 5.93. The number of aromatic amines is 1. The van der Waals surface area contributed by atoms with Crippen molar-refractivity contribution >= 4 is 17.3 Å². The number of nitrogens with zero attached hydrogens (tertiary/aromatic N) is 7. The van der Waals surface area contributed by atoms with E-state index in [9.17, 15) is 18.8 Å². The molecule has 1 aromatic carbocycles. The van der Waals surface area contributed by atoms with E-state index >= 15 is 0 Å². The second-order valence-corrected chi connectivity index (χ2v) is 7.99. The van der Waals surface area contributed by atoms with Crippen molar-refractivity contribution in [1.82, 2.24) is 39.4 Å². The molecule has 2 amide bonds. The Labute approximate surface area is 192 Å². The largest absolute Gasteiger partial charge is 0.339 e. The van der Waals surface area contributed by atoms with E-state index < -0.39 is 5.82 Å². The molecule has 0 radical (unpaired) electrons. The fourth-order valence-corrected chi connectivity index (χ4v) is 3.98. The summed E-state index contributed by atoms with van der Waals surface area (Å²) in [7, 11) is 0. The lowest BCUT2D eigenvalue weighted by Crippen LogP contribution is -2.51. The first kappa shape index (κ1) is 21.5. The zero-order chi connectivity index (χ0) is 23.8. The number of hydrogen-bond acceptors (Lipinski definition) is 6. The summed E-state index contributed by atoms with van der Waals surface area (Å²) in [4.78, 5) is 43.8. The van der Waals surface area contributed by atoms with Gasteiger partial charge in [0.15, 0.2) is 5.69 Å². The standard InChI is InChI=1S/C22H21FN8O3/c1-14-19(25-27-31(14)22-24-20(33)17-7-4-8-30(17)26-22)21(34)29-11-9-28(10-12-29)18(32)13-15-5-2-3-6-16(15)23/h2-8H,9-13H2,1H3,(H,24,26,33). The molecule has 4 heterocycles. The van der Waals surface area contributed by atoms with Gasteiger partial charge in [-0.1, -0.05) is 23.4 Å². The van der Waals surface area contributed by atoms with Crippen LogP contribution in [0.2, 0.25) is 0 Å². The third-order valence-electron chi connectivity index (χ3n) is 5.91. The van der Waals surface area contributed by atoms with E-state index in [4.69, 9.17) is 0 Å². The predicted octanol–water partition coefficient (Wildman–Crippen LogP) is 0.578. The highest BCUT2D eigenvalue weighted by Crippen LogP contribution is 2.14. The number of benzene rings is 1. The summed E-state index contributed by atoms with van der Waals surface area (Å²) < 4.78 is 16.6. The molecule has 174 valence electrons. The van der Waals surface area contributed by atoms with Crippen molar-refractivity contribution < 1.29 is 14.0 Å². The second-order valence-electron chi connectivity index (χ2n) is 7.99. The molecule has 0 unspecified atom stereocenters. The molecule has 11 nitrogen and oxygen atoms in total. The fourth-order valence-electron chi connectivity index (χ4n) is 3.98. The van der Waals surface area contributed by atoms with Gasteiger partial charge < -0.3 is 9.80 Å². The van der Waals surface area contributed by atoms with Crippen molar-refractivity contribution in [3.8, 4) is 5.95 Å². The van der Waals surface area contributed by atoms with E-state index in [1.54, 1.807) is 53.3 Å². The van der Waals surface area contributed by atoms with Gasteiger partial charge >= 0.3 is 0 Å². The van der Waals surface area contributed by atoms with Crippen molar-refractivity contribution in [1.29, 1.82) is 0 Å². The number of rotatable bonds is 4. The second kappa shape index (κ2) is 8.54. The third-order valence-corrected chi connectivity index (χ3v) is 5.91. The van der Waals surface area contributed by atoms with Gasteiger partial charge in [-0.05, 0) is 30.7 Å². The summed E-state index contributed by atoms with van der Waals surface area (Å²) in [6, 6.07) is 9.54. The SMILES string of the molecule is Cc1c(C(=O)N2CCN(C(=O)Cc3ccccc3F)CC2)nnn1-c1nn2cccc2c(=O)[nH]1. The Morgan fingerprint density at radius 1 is 1.06 bits per heavy atom. The lowest BCUT2D eigenvalue weighted by atomic mass is 10.1. The van der Waals surface area contributed by atoms with Gasteiger partial charge in [-0.2, -0.15) is 4.68 Å². The number of nitrogens with one attached hydrogen (secondary N) is 1. The van der Waals surface area contributed by atoms with Crippen LogP contribution in [0.4, 0.5) is 4.39 Å². The van der Waals surface area contributed by atoms with Crippen LogP contribution in [0.15, 0.2) is 47.4 Å². The summed E-state index contributed by atoms with van der Waals surface area (Å²) in [5, 5.41) is 12.3. The fraction of sp³-hybridized carbons (Fsp3) is 0.273. The molecule has 0 bridgehead atoms. The molecule has 0 spiro atoms. The van der Waals surface area contributed by atoms with Crippen LogP contribution in [0.3, 0.4) is 0 Å². The maximum Gasteiger partial charge on any atom is 0.276 e. The summed E-state index contributed by atoms with van der Waals surface area (Å²) in [5.41, 5.74) is 0.969. The highest BCUT2D eigenvalue weighted by atomic mass is 19.1. The number of carbonyl (C=O) groups is 2. The molecule has 0 atom stereocenters. The van der Waals surface area contributed by atoms with Crippen LogP contribution in [-0.4, -0.2) is 77.4 Å². The molecule has 0 saturated carbocycles. The molecule has 1 saturated heterocycles. The molecule has 1 aliphatic heterocycles. The smallest absolute Gasteiger partial charge is 0.276 e. The van der Waals surface area contributed by atoms with Gasteiger partial charge in [0.05, 0.1) is 12.1 Å². The monoisotopic (exact) mass is 464 g/mol. The van der Waals surface area contributed by atoms with Crippen molar-refractivity contribution in [2.24, 2.45) is 0 Å². The van der Waals surface area contributed by atoms with Crippen molar-refractivity contribution in [3.05, 3.63) is 75.7 Å². The Hall–Kier alpha value is -4.35. The molecule has 5 rings (SSSR count). The normalized spacial score (nSPS) is 14.1. The average Bonchev–Trinajstić information content (AvgIpc) is 3.47. The molecule has 4 aromatic rings. The molecular weight excluding hydrogens is 443 g/mol. The molecule has 34 heavy (non-hydrogen) atoms. The average molecular weight is 464 g/mol. The number of aromatic nitrogens is 6. The van der Waals surface area contributed by atoms with E-state index in [1.807, 2.05) is 0 Å². The van der Waals surface area contributed by atoms with E-state index in [0.29, 0.717) is 43.0 Å². The number of amides is 2. The van der Waals surface area contributed by atoms with Gasteiger partial charge in [0.1, 0.15) is 11.3 Å². The third kappa shape index (κ3) is 3.83. The number of hydrogen-bond donors (Lipinski definition) is 1. The van der Waals surface area contributed by atoms with Crippen LogP contribution >= 0.6 is 0 Å². The highest BCUT2D eigenvalue weighted by Gasteiger charge is 2.28. The minimum atomic E-state index is -0.407. The molecular formula is C22H21FN8O3. The first-order valence-corrected chi connectivity index (χ1v) is 10.7. The lowest BCUT2D eigenvalue weighted by molar-refractivity contribution is -0.132. The minimum absolute atomic E-state index is 0.0228. The van der Waals surface area contributed by atoms with E-state index in [-0.39, 0.29) is 35.4 Å². The number of H-pyrrole nitrogens is 1. The Bertz CT molecular complexity index is 1450. The van der Waals surface area contributed by atoms with Gasteiger partial charge in [0.25, 0.3) is 17.4 Å². The molecule has 3 aromatic heterocycles. The van der Waals surface area contributed by atoms with Crippen molar-refractivity contribution in [3.63, 3.8) is 0 Å². The van der Waals surface area contributed by atoms with E-state index in [2.05, 4.69) is 20.4 Å². The molecule has 0 aliphatic carbocycles. The van der Waals surface area contributed by atoms with Crippen LogP contribution < -0.4 is 5.56 Å². The Morgan fingerprint density at radius 2 is 1.79 bits per heavy atom. The predicted molar refractivity (Wildman–Crippen MR) is 118 cm³/mol. The summed E-state index contributed by atoms with van der Waals surface area (Å²) in [6.45, 7) is 2.98. The van der Waals surface area contributed by atoms with Gasteiger partial charge in [-0.25, -0.2) is 8.91 Å². The molecule has 1 aliphatic rings. The summed E-state index contributed by atoms with van der Waals surface area (Å²) in [5.74, 6) is -0.777. The molecule has 1 N–H and O–H groups in total. The number of fused-ring (bicyclic) bond motifs is 1. The summed E-state index contributed by atoms with van der Waals surface area (Å²) in [6.07, 6.45) is 1.62. The van der Waals surface area contributed by atoms with Gasteiger partial charge in [-0.15, -0.1) is 10.2 Å². The first-order chi connectivity index (χ1) is 16.4. The first-order valence-electron chi connectivity index (χ1n) is 10.7. The van der Waals surface area contributed by atoms with Gasteiger partial charge in [0, 0.05) is 32.4 Å². The maximum atomic E-state index is 13.9. The van der Waals surface area contributed by atoms with Crippen molar-refractivity contribution in [2.45, 2.75) is 13.3 Å². The number of carbonyl (C=O) groups excluding carboxylic acids is 2. The summed E-state index contributed by atoms with van der Waals surface area (Å²) >= 11 is 0. The number of halogens is 1. The topological polar surface area (TPSA) is 121 Å². The quantitative estimate of drug-likeness (QED) is 0.472. The molecule has 1 fully saturated rings. The Morgan fingerprint density at radius 3 is 2.56 bits per heavy atom. The number of piperazine rings is 1. The van der Waals surface area contributed by atoms with Crippen LogP contribution in [-0.2, 0) is 11.2 Å². The zero-order valence-electron chi connectivity index (χ0n) is 18.3. The van der Waals surface area contributed by atoms with Crippen LogP contribution in [0.1, 0.15) is 21.7 Å². The molecule has 12 heteroatoms. The van der Waals surface area contributed by atoms with Crippen LogP contribution in [0.25, 0.3) is 11.5 Å². The minimum Gasteiger partial charge on any atom is -0.339 e. The van der Waals surface area contributed by atoms with Crippen LogP contribution in [0.5, 0.6) is 0 Å². The van der Waals surface area contributed by atoms with Gasteiger partial charge in [0.2, 0.25) is 5.91 Å². The van der Waals surface area contributed by atoms with Crippen LogP contribution in [0, 0.1) is 12.7 Å². The maximum absolute atomic E-state index is 13.9. The van der Waals surface area contributed by atoms with Crippen molar-refractivity contribution in [2.75, 3.05) is 26.2 Å². The zero-order valence-corrected chi connectivity index (χ0v) is 18.3. The Kier molecular flexibility index (Phi) is 5.40. The van der Waals surface area contributed by atoms with E-state index in [1.165, 1.54) is 15.3 Å². The Balaban J connectivity index is 1.27. The van der Waals surface area contributed by atoms with Gasteiger partial charge in [-0.3, -0.25) is 19.4 Å².